The van der Waals surface area contributed by atoms with Crippen molar-refractivity contribution in [2.45, 2.75) is 47.6 Å². The van der Waals surface area contributed by atoms with Crippen molar-refractivity contribution in [1.82, 2.24) is 15.1 Å². The number of aryl methyl sites for hydroxylation is 4. The van der Waals surface area contributed by atoms with E-state index in [0.717, 1.165) is 34.7 Å². The fraction of sp³-hybridized carbons (Fsp3) is 0.320. The number of anilines is 1. The Morgan fingerprint density at radius 3 is 2.52 bits per heavy atom. The highest BCUT2D eigenvalue weighted by Gasteiger charge is 2.14. The topological polar surface area (TPSA) is 71.3 Å². The number of hydrogen-bond acceptors (Lipinski definition) is 3. The maximum Gasteiger partial charge on any atom is 0.258 e. The molecule has 0 atom stereocenters. The zero-order chi connectivity index (χ0) is 24.1. The lowest BCUT2D eigenvalue weighted by atomic mass is 10.1. The number of nitrogens with zero attached hydrogens (tertiary/aromatic N) is 3. The third kappa shape index (κ3) is 5.99. The van der Waals surface area contributed by atoms with Gasteiger partial charge in [-0.05, 0) is 88.1 Å². The highest BCUT2D eigenvalue weighted by atomic mass is 35.5. The van der Waals surface area contributed by atoms with Crippen molar-refractivity contribution in [1.29, 1.82) is 0 Å². The minimum absolute atomic E-state index is 0.219. The average molecular weight is 470 g/mol. The van der Waals surface area contributed by atoms with Crippen LogP contribution in [0, 0.1) is 33.5 Å². The molecule has 2 N–H and O–H groups in total. The van der Waals surface area contributed by atoms with E-state index in [1.807, 2.05) is 37.6 Å². The van der Waals surface area contributed by atoms with E-state index < -0.39 is 11.7 Å². The Morgan fingerprint density at radius 1 is 1.12 bits per heavy atom. The van der Waals surface area contributed by atoms with Crippen molar-refractivity contribution < 1.29 is 9.18 Å². The van der Waals surface area contributed by atoms with E-state index in [4.69, 9.17) is 11.6 Å². The van der Waals surface area contributed by atoms with Gasteiger partial charge in [-0.3, -0.25) is 19.8 Å². The first-order valence-electron chi connectivity index (χ1n) is 10.9. The SMILES string of the molecule is CCn1nc(C)c(CCN=C(NC(=O)c2ccc(C)c(F)c2)Nc2ccc(Cl)cc2C)c1C. The molecule has 0 bridgehead atoms. The number of amides is 1. The van der Waals surface area contributed by atoms with Gasteiger partial charge in [0.25, 0.3) is 5.91 Å². The molecule has 0 fully saturated rings. The molecule has 6 nitrogen and oxygen atoms in total. The van der Waals surface area contributed by atoms with Gasteiger partial charge >= 0.3 is 0 Å². The van der Waals surface area contributed by atoms with Crippen LogP contribution in [0.4, 0.5) is 10.1 Å². The Morgan fingerprint density at radius 2 is 1.88 bits per heavy atom. The highest BCUT2D eigenvalue weighted by Crippen LogP contribution is 2.20. The van der Waals surface area contributed by atoms with Gasteiger partial charge in [0, 0.05) is 35.1 Å². The molecule has 2 aromatic carbocycles. The molecule has 0 saturated heterocycles. The van der Waals surface area contributed by atoms with Crippen LogP contribution in [-0.2, 0) is 13.0 Å². The first-order valence-corrected chi connectivity index (χ1v) is 11.3. The first kappa shape index (κ1) is 24.5. The number of aromatic nitrogens is 2. The van der Waals surface area contributed by atoms with E-state index in [1.165, 1.54) is 6.07 Å². The normalized spacial score (nSPS) is 11.5. The van der Waals surface area contributed by atoms with Crippen LogP contribution in [0.15, 0.2) is 41.4 Å². The smallest absolute Gasteiger partial charge is 0.258 e. The maximum absolute atomic E-state index is 14.0. The number of aliphatic imine (C=N–C) groups is 1. The van der Waals surface area contributed by atoms with Crippen LogP contribution >= 0.6 is 11.6 Å². The first-order chi connectivity index (χ1) is 15.7. The van der Waals surface area contributed by atoms with Gasteiger partial charge < -0.3 is 5.32 Å². The second-order valence-electron chi connectivity index (χ2n) is 7.95. The Labute approximate surface area is 198 Å². The molecule has 0 saturated carbocycles. The van der Waals surface area contributed by atoms with Crippen LogP contribution in [0.2, 0.25) is 5.02 Å². The van der Waals surface area contributed by atoms with Gasteiger partial charge in [-0.25, -0.2) is 4.39 Å². The van der Waals surface area contributed by atoms with Crippen molar-refractivity contribution in [3.8, 4) is 0 Å². The summed E-state index contributed by atoms with van der Waals surface area (Å²) in [5.41, 5.74) is 5.61. The predicted octanol–water partition coefficient (Wildman–Crippen LogP) is 5.37. The summed E-state index contributed by atoms with van der Waals surface area (Å²) in [7, 11) is 0. The molecule has 33 heavy (non-hydrogen) atoms. The molecule has 3 rings (SSSR count). The van der Waals surface area contributed by atoms with E-state index in [1.54, 1.807) is 25.1 Å². The van der Waals surface area contributed by atoms with Gasteiger partial charge in [-0.15, -0.1) is 0 Å². The molecule has 0 spiro atoms. The summed E-state index contributed by atoms with van der Waals surface area (Å²) in [4.78, 5) is 17.4. The lowest BCUT2D eigenvalue weighted by molar-refractivity contribution is 0.0976. The van der Waals surface area contributed by atoms with Gasteiger partial charge in [0.2, 0.25) is 5.96 Å². The number of guanidine groups is 1. The minimum Gasteiger partial charge on any atom is -0.326 e. The summed E-state index contributed by atoms with van der Waals surface area (Å²) in [6.45, 7) is 10.9. The Kier molecular flexibility index (Phi) is 7.87. The Hall–Kier alpha value is -3.19. The van der Waals surface area contributed by atoms with E-state index in [-0.39, 0.29) is 11.5 Å². The summed E-state index contributed by atoms with van der Waals surface area (Å²) in [6.07, 6.45) is 0.678. The molecule has 0 aliphatic rings. The summed E-state index contributed by atoms with van der Waals surface area (Å²) in [6, 6.07) is 9.80. The summed E-state index contributed by atoms with van der Waals surface area (Å²) in [5, 5.41) is 11.1. The molecule has 0 aliphatic carbocycles. The number of halogens is 2. The number of carbonyl (C=O) groups excluding carboxylic acids is 1. The second-order valence-corrected chi connectivity index (χ2v) is 8.38. The van der Waals surface area contributed by atoms with E-state index in [9.17, 15) is 9.18 Å². The number of carbonyl (C=O) groups is 1. The Bertz CT molecular complexity index is 1200. The second kappa shape index (κ2) is 10.6. The van der Waals surface area contributed by atoms with Crippen LogP contribution < -0.4 is 10.6 Å². The van der Waals surface area contributed by atoms with Crippen LogP contribution in [0.25, 0.3) is 0 Å². The molecule has 174 valence electrons. The van der Waals surface area contributed by atoms with Crippen molar-refractivity contribution in [3.63, 3.8) is 0 Å². The summed E-state index contributed by atoms with van der Waals surface area (Å²) >= 11 is 6.07. The maximum atomic E-state index is 14.0. The molecular weight excluding hydrogens is 441 g/mol. The third-order valence-electron chi connectivity index (χ3n) is 5.57. The van der Waals surface area contributed by atoms with Crippen LogP contribution in [0.5, 0.6) is 0 Å². The number of hydrogen-bond donors (Lipinski definition) is 2. The third-order valence-corrected chi connectivity index (χ3v) is 5.81. The van der Waals surface area contributed by atoms with Gasteiger partial charge in [0.15, 0.2) is 0 Å². The molecule has 1 amide bonds. The van der Waals surface area contributed by atoms with Crippen LogP contribution in [0.3, 0.4) is 0 Å². The Balaban J connectivity index is 1.83. The summed E-state index contributed by atoms with van der Waals surface area (Å²) in [5.74, 6) is -0.593. The molecule has 1 heterocycles. The van der Waals surface area contributed by atoms with Crippen molar-refractivity contribution in [2.75, 3.05) is 11.9 Å². The molecule has 1 aromatic heterocycles. The molecule has 8 heteroatoms. The van der Waals surface area contributed by atoms with Crippen molar-refractivity contribution in [2.24, 2.45) is 4.99 Å². The number of nitrogens with one attached hydrogen (secondary N) is 2. The van der Waals surface area contributed by atoms with Gasteiger partial charge in [0.1, 0.15) is 5.82 Å². The fourth-order valence-electron chi connectivity index (χ4n) is 3.60. The standard InChI is InChI=1S/C25H29ClFN5O/c1-6-32-18(5)21(17(4)31-32)11-12-28-25(29-23-10-9-20(26)13-16(23)3)30-24(33)19-8-7-15(2)22(27)14-19/h7-10,13-14H,6,11-12H2,1-5H3,(H2,28,29,30,33). The molecule has 0 unspecified atom stereocenters. The molecule has 3 aromatic rings. The number of benzene rings is 2. The lowest BCUT2D eigenvalue weighted by Gasteiger charge is -2.14. The van der Waals surface area contributed by atoms with E-state index in [0.29, 0.717) is 23.6 Å². The zero-order valence-electron chi connectivity index (χ0n) is 19.6. The minimum atomic E-state index is -0.446. The largest absolute Gasteiger partial charge is 0.326 e. The molecular formula is C25H29ClFN5O. The molecule has 0 aliphatic heterocycles. The molecule has 0 radical (unpaired) electrons. The predicted molar refractivity (Wildman–Crippen MR) is 132 cm³/mol. The van der Waals surface area contributed by atoms with Crippen LogP contribution in [-0.4, -0.2) is 28.2 Å². The van der Waals surface area contributed by atoms with E-state index in [2.05, 4.69) is 27.6 Å². The van der Waals surface area contributed by atoms with Gasteiger partial charge in [-0.2, -0.15) is 5.10 Å². The zero-order valence-corrected chi connectivity index (χ0v) is 20.3. The van der Waals surface area contributed by atoms with Crippen molar-refractivity contribution in [3.05, 3.63) is 80.9 Å². The average Bonchev–Trinajstić information content (AvgIpc) is 3.04. The number of rotatable bonds is 6. The van der Waals surface area contributed by atoms with Gasteiger partial charge in [0.05, 0.1) is 5.69 Å². The van der Waals surface area contributed by atoms with Gasteiger partial charge in [-0.1, -0.05) is 17.7 Å². The van der Waals surface area contributed by atoms with E-state index >= 15 is 0 Å². The monoisotopic (exact) mass is 469 g/mol. The highest BCUT2D eigenvalue weighted by molar-refractivity contribution is 6.30. The summed E-state index contributed by atoms with van der Waals surface area (Å²) < 4.78 is 15.9. The van der Waals surface area contributed by atoms with Crippen LogP contribution in [0.1, 0.15) is 45.4 Å². The van der Waals surface area contributed by atoms with Crippen molar-refractivity contribution >= 4 is 29.2 Å². The quantitative estimate of drug-likeness (QED) is 0.376. The fourth-order valence-corrected chi connectivity index (χ4v) is 3.83. The lowest BCUT2D eigenvalue weighted by Crippen LogP contribution is -2.36.